The number of esters is 1. The van der Waals surface area contributed by atoms with Crippen LogP contribution in [0.15, 0.2) is 24.3 Å². The Kier molecular flexibility index (Phi) is 5.63. The van der Waals surface area contributed by atoms with Gasteiger partial charge in [-0.3, -0.25) is 14.5 Å². The molecule has 0 aromatic heterocycles. The van der Waals surface area contributed by atoms with Crippen LogP contribution in [0, 0.1) is 5.92 Å². The van der Waals surface area contributed by atoms with E-state index in [1.807, 2.05) is 31.2 Å². The van der Waals surface area contributed by atoms with E-state index in [1.54, 1.807) is 25.8 Å². The number of likely N-dealkylation sites (N-methyl/N-ethyl adjacent to an activating group) is 1. The number of carbonyl (C=O) groups is 3. The fourth-order valence-corrected chi connectivity index (χ4v) is 4.43. The molecule has 1 aromatic rings. The molecule has 3 atom stereocenters. The first-order valence-corrected chi connectivity index (χ1v) is 9.86. The number of likely N-dealkylation sites (tertiary alicyclic amines) is 1. The number of para-hydroxylation sites is 1. The number of fused-ring (bicyclic) bond motifs is 3. The maximum atomic E-state index is 13.4. The number of unbranched alkanes of at least 4 members (excludes halogenated alkanes) is 1. The Hall–Kier alpha value is -2.57. The standard InChI is InChI=1S/C21H28N2O5/c1-5-7-12-28-20(26)23-13-15(18(24)27-6-2)17-14-10-8-9-11-16(14)22(4)19(25)21(17,23)3/h8-11,15,17H,5-7,12-13H2,1-4H3/t15-,17+,21-/m0/s1. The second-order valence-electron chi connectivity index (χ2n) is 7.49. The molecule has 2 aliphatic heterocycles. The largest absolute Gasteiger partial charge is 0.466 e. The lowest BCUT2D eigenvalue weighted by Crippen LogP contribution is -2.60. The molecule has 1 fully saturated rings. The van der Waals surface area contributed by atoms with Gasteiger partial charge in [-0.25, -0.2) is 4.79 Å². The van der Waals surface area contributed by atoms with Gasteiger partial charge in [0.2, 0.25) is 0 Å². The van der Waals surface area contributed by atoms with Crippen LogP contribution in [0.4, 0.5) is 10.5 Å². The van der Waals surface area contributed by atoms with Crippen LogP contribution in [0.3, 0.4) is 0 Å². The second-order valence-corrected chi connectivity index (χ2v) is 7.49. The number of carbonyl (C=O) groups excluding carboxylic acids is 3. The molecule has 7 heteroatoms. The summed E-state index contributed by atoms with van der Waals surface area (Å²) in [7, 11) is 1.70. The summed E-state index contributed by atoms with van der Waals surface area (Å²) in [6, 6.07) is 7.51. The maximum Gasteiger partial charge on any atom is 0.410 e. The monoisotopic (exact) mass is 388 g/mol. The van der Waals surface area contributed by atoms with Crippen LogP contribution < -0.4 is 4.90 Å². The number of anilines is 1. The van der Waals surface area contributed by atoms with Crippen molar-refractivity contribution >= 4 is 23.7 Å². The average molecular weight is 388 g/mol. The Bertz CT molecular complexity index is 780. The van der Waals surface area contributed by atoms with Crippen molar-refractivity contribution < 1.29 is 23.9 Å². The minimum atomic E-state index is -1.20. The SMILES string of the molecule is CCCCOC(=O)N1C[C@H](C(=O)OCC)[C@H]2c3ccccc3N(C)C(=O)[C@]21C. The molecule has 0 radical (unpaired) electrons. The van der Waals surface area contributed by atoms with Crippen LogP contribution in [-0.2, 0) is 19.1 Å². The normalized spacial score (nSPS) is 25.9. The van der Waals surface area contributed by atoms with E-state index in [0.29, 0.717) is 0 Å². The highest BCUT2D eigenvalue weighted by atomic mass is 16.6. The topological polar surface area (TPSA) is 76.2 Å². The quantitative estimate of drug-likeness (QED) is 0.573. The lowest BCUT2D eigenvalue weighted by Gasteiger charge is -2.45. The summed E-state index contributed by atoms with van der Waals surface area (Å²) >= 11 is 0. The van der Waals surface area contributed by atoms with Crippen LogP contribution in [0.5, 0.6) is 0 Å². The van der Waals surface area contributed by atoms with Gasteiger partial charge in [0.1, 0.15) is 5.54 Å². The third-order valence-corrected chi connectivity index (χ3v) is 5.85. The predicted octanol–water partition coefficient (Wildman–Crippen LogP) is 2.94. The highest BCUT2D eigenvalue weighted by molar-refractivity contribution is 6.06. The first-order valence-electron chi connectivity index (χ1n) is 9.86. The van der Waals surface area contributed by atoms with Crippen LogP contribution in [0.2, 0.25) is 0 Å². The minimum Gasteiger partial charge on any atom is -0.466 e. The molecule has 152 valence electrons. The van der Waals surface area contributed by atoms with Gasteiger partial charge in [-0.05, 0) is 31.9 Å². The Morgan fingerprint density at radius 2 is 1.93 bits per heavy atom. The summed E-state index contributed by atoms with van der Waals surface area (Å²) in [5.41, 5.74) is 0.420. The number of hydrogen-bond donors (Lipinski definition) is 0. The molecule has 2 amide bonds. The first kappa shape index (κ1) is 20.2. The molecule has 0 spiro atoms. The van der Waals surface area contributed by atoms with Gasteiger partial charge < -0.3 is 14.4 Å². The second kappa shape index (κ2) is 7.81. The Labute approximate surface area is 165 Å². The molecule has 0 N–H and O–H groups in total. The summed E-state index contributed by atoms with van der Waals surface area (Å²) in [6.07, 6.45) is 1.08. The first-order chi connectivity index (χ1) is 13.4. The molecule has 2 heterocycles. The lowest BCUT2D eigenvalue weighted by atomic mass is 9.72. The highest BCUT2D eigenvalue weighted by Crippen LogP contribution is 2.53. The number of ether oxygens (including phenoxy) is 2. The Morgan fingerprint density at radius 3 is 2.61 bits per heavy atom. The fraction of sp³-hybridized carbons (Fsp3) is 0.571. The van der Waals surface area contributed by atoms with Crippen LogP contribution >= 0.6 is 0 Å². The molecule has 1 saturated heterocycles. The van der Waals surface area contributed by atoms with E-state index in [1.165, 1.54) is 4.90 Å². The third-order valence-electron chi connectivity index (χ3n) is 5.85. The number of rotatable bonds is 5. The van der Waals surface area contributed by atoms with Gasteiger partial charge in [-0.15, -0.1) is 0 Å². The van der Waals surface area contributed by atoms with E-state index in [-0.39, 0.29) is 25.7 Å². The van der Waals surface area contributed by atoms with Crippen molar-refractivity contribution in [1.82, 2.24) is 4.90 Å². The van der Waals surface area contributed by atoms with E-state index >= 15 is 0 Å². The predicted molar refractivity (Wildman–Crippen MR) is 104 cm³/mol. The van der Waals surface area contributed by atoms with E-state index in [4.69, 9.17) is 9.47 Å². The Morgan fingerprint density at radius 1 is 1.21 bits per heavy atom. The van der Waals surface area contributed by atoms with Gasteiger partial charge in [0.05, 0.1) is 19.1 Å². The molecular weight excluding hydrogens is 360 g/mol. The summed E-state index contributed by atoms with van der Waals surface area (Å²) in [5.74, 6) is -1.72. The molecule has 0 bridgehead atoms. The van der Waals surface area contributed by atoms with Crippen molar-refractivity contribution in [2.24, 2.45) is 5.92 Å². The van der Waals surface area contributed by atoms with Crippen LogP contribution in [-0.4, -0.2) is 55.2 Å². The molecule has 2 aliphatic rings. The maximum absolute atomic E-state index is 13.4. The van der Waals surface area contributed by atoms with Crippen molar-refractivity contribution in [3.05, 3.63) is 29.8 Å². The molecular formula is C21H28N2O5. The number of hydrogen-bond acceptors (Lipinski definition) is 5. The highest BCUT2D eigenvalue weighted by Gasteiger charge is 2.63. The smallest absolute Gasteiger partial charge is 0.410 e. The molecule has 0 saturated carbocycles. The molecule has 3 rings (SSSR count). The zero-order valence-electron chi connectivity index (χ0n) is 16.9. The van der Waals surface area contributed by atoms with Gasteiger partial charge in [0.25, 0.3) is 5.91 Å². The van der Waals surface area contributed by atoms with Gasteiger partial charge in [-0.1, -0.05) is 31.5 Å². The van der Waals surface area contributed by atoms with Crippen molar-refractivity contribution in [3.63, 3.8) is 0 Å². The zero-order chi connectivity index (χ0) is 20.5. The van der Waals surface area contributed by atoms with E-state index in [9.17, 15) is 14.4 Å². The van der Waals surface area contributed by atoms with E-state index in [0.717, 1.165) is 24.1 Å². The number of nitrogens with zero attached hydrogens (tertiary/aromatic N) is 2. The van der Waals surface area contributed by atoms with Gasteiger partial charge in [0.15, 0.2) is 0 Å². The third kappa shape index (κ3) is 3.02. The summed E-state index contributed by atoms with van der Waals surface area (Å²) < 4.78 is 10.7. The van der Waals surface area contributed by atoms with Gasteiger partial charge in [-0.2, -0.15) is 0 Å². The molecule has 0 unspecified atom stereocenters. The van der Waals surface area contributed by atoms with Crippen molar-refractivity contribution in [3.8, 4) is 0 Å². The summed E-state index contributed by atoms with van der Waals surface area (Å²) in [6.45, 7) is 6.11. The molecule has 28 heavy (non-hydrogen) atoms. The molecule has 1 aromatic carbocycles. The zero-order valence-corrected chi connectivity index (χ0v) is 16.9. The van der Waals surface area contributed by atoms with Crippen molar-refractivity contribution in [1.29, 1.82) is 0 Å². The van der Waals surface area contributed by atoms with E-state index in [2.05, 4.69) is 0 Å². The van der Waals surface area contributed by atoms with Crippen LogP contribution in [0.1, 0.15) is 45.1 Å². The minimum absolute atomic E-state index is 0.0961. The van der Waals surface area contributed by atoms with Gasteiger partial charge in [0, 0.05) is 25.2 Å². The number of amides is 2. The lowest BCUT2D eigenvalue weighted by molar-refractivity contribution is -0.148. The van der Waals surface area contributed by atoms with Crippen LogP contribution in [0.25, 0.3) is 0 Å². The molecule has 0 aliphatic carbocycles. The Balaban J connectivity index is 2.06. The summed E-state index contributed by atoms with van der Waals surface area (Å²) in [5, 5.41) is 0. The van der Waals surface area contributed by atoms with Gasteiger partial charge >= 0.3 is 12.1 Å². The van der Waals surface area contributed by atoms with Crippen molar-refractivity contribution in [2.75, 3.05) is 31.7 Å². The fourth-order valence-electron chi connectivity index (χ4n) is 4.43. The average Bonchev–Trinajstić information content (AvgIpc) is 3.01. The molecule has 7 nitrogen and oxygen atoms in total. The van der Waals surface area contributed by atoms with E-state index < -0.39 is 29.4 Å². The summed E-state index contributed by atoms with van der Waals surface area (Å²) in [4.78, 5) is 42.0. The number of benzene rings is 1. The van der Waals surface area contributed by atoms with Crippen molar-refractivity contribution in [2.45, 2.75) is 45.1 Å².